The summed E-state index contributed by atoms with van der Waals surface area (Å²) in [5.41, 5.74) is 6.53. The molecule has 0 saturated carbocycles. The van der Waals surface area contributed by atoms with E-state index < -0.39 is 0 Å². The summed E-state index contributed by atoms with van der Waals surface area (Å²) in [5, 5.41) is 6.25. The van der Waals surface area contributed by atoms with Crippen LogP contribution in [0.15, 0.2) is 133 Å². The van der Waals surface area contributed by atoms with E-state index in [0.717, 1.165) is 38.9 Å². The van der Waals surface area contributed by atoms with E-state index in [1.54, 1.807) is 0 Å². The molecular formula is C36H22N2Te. The van der Waals surface area contributed by atoms with Crippen molar-refractivity contribution < 1.29 is 0 Å². The predicted octanol–water partition coefficient (Wildman–Crippen LogP) is 9.15. The minimum absolute atomic E-state index is 0.378. The third kappa shape index (κ3) is 3.86. The van der Waals surface area contributed by atoms with Crippen LogP contribution in [-0.4, -0.2) is 30.4 Å². The molecule has 8 rings (SSSR count). The van der Waals surface area contributed by atoms with Gasteiger partial charge in [-0.05, 0) is 0 Å². The van der Waals surface area contributed by atoms with Gasteiger partial charge in [0.1, 0.15) is 0 Å². The van der Waals surface area contributed by atoms with Crippen LogP contribution < -0.4 is 0 Å². The number of hydrogen-bond acceptors (Lipinski definition) is 2. The van der Waals surface area contributed by atoms with Gasteiger partial charge in [0.05, 0.1) is 0 Å². The zero-order valence-corrected chi connectivity index (χ0v) is 23.3. The standard InChI is InChI=1S/C36H22N2Te/c1-2-10-23(11-3-1)35-30-15-6-8-16-32(30)37-36(38-35)31-21-26(20-25-12-4-5-13-27(25)31)24-18-19-29-28-14-7-9-17-33(28)39-34(29)22-24/h1-22H. The Bertz CT molecular complexity index is 2180. The van der Waals surface area contributed by atoms with Crippen LogP contribution in [0.1, 0.15) is 0 Å². The summed E-state index contributed by atoms with van der Waals surface area (Å²) >= 11 is -0.378. The number of hydrogen-bond donors (Lipinski definition) is 0. The van der Waals surface area contributed by atoms with Gasteiger partial charge in [0, 0.05) is 0 Å². The SMILES string of the molecule is c1ccc(-c2nc(-c3cc(-c4ccc5c(c4)[te]c4ccccc45)cc4ccccc34)nc3ccccc23)cc1. The van der Waals surface area contributed by atoms with E-state index in [9.17, 15) is 0 Å². The van der Waals surface area contributed by atoms with Crippen molar-refractivity contribution in [3.8, 4) is 33.8 Å². The van der Waals surface area contributed by atoms with Crippen molar-refractivity contribution in [2.75, 3.05) is 0 Å². The van der Waals surface area contributed by atoms with Crippen molar-refractivity contribution in [3.63, 3.8) is 0 Å². The average molecular weight is 610 g/mol. The molecule has 3 heteroatoms. The first kappa shape index (κ1) is 22.7. The van der Waals surface area contributed by atoms with Crippen molar-refractivity contribution in [1.82, 2.24) is 9.97 Å². The summed E-state index contributed by atoms with van der Waals surface area (Å²) < 4.78 is 3.05. The Morgan fingerprint density at radius 1 is 0.436 bits per heavy atom. The normalized spacial score (nSPS) is 11.6. The van der Waals surface area contributed by atoms with E-state index in [-0.39, 0.29) is 20.4 Å². The third-order valence-electron chi connectivity index (χ3n) is 7.47. The molecule has 0 atom stereocenters. The Labute approximate surface area is 235 Å². The van der Waals surface area contributed by atoms with E-state index in [2.05, 4.69) is 127 Å². The second-order valence-electron chi connectivity index (χ2n) is 9.83. The molecule has 2 heterocycles. The number of para-hydroxylation sites is 1. The summed E-state index contributed by atoms with van der Waals surface area (Å²) in [5.74, 6) is 0.757. The molecule has 8 aromatic rings. The molecular weight excluding hydrogens is 588 g/mol. The van der Waals surface area contributed by atoms with Gasteiger partial charge in [0.25, 0.3) is 0 Å². The summed E-state index contributed by atoms with van der Waals surface area (Å²) in [4.78, 5) is 10.3. The van der Waals surface area contributed by atoms with Gasteiger partial charge in [-0.3, -0.25) is 0 Å². The van der Waals surface area contributed by atoms with Crippen LogP contribution in [0, 0.1) is 0 Å². The number of rotatable bonds is 3. The molecule has 2 aromatic heterocycles. The average Bonchev–Trinajstić information content (AvgIpc) is 3.38. The molecule has 0 bridgehead atoms. The molecule has 0 N–H and O–H groups in total. The predicted molar refractivity (Wildman–Crippen MR) is 165 cm³/mol. The number of benzene rings is 6. The molecule has 39 heavy (non-hydrogen) atoms. The first-order valence-electron chi connectivity index (χ1n) is 13.1. The van der Waals surface area contributed by atoms with Gasteiger partial charge < -0.3 is 0 Å². The second kappa shape index (κ2) is 9.17. The van der Waals surface area contributed by atoms with E-state index in [1.165, 1.54) is 34.1 Å². The Balaban J connectivity index is 1.38. The fraction of sp³-hybridized carbons (Fsp3) is 0. The fourth-order valence-corrected chi connectivity index (χ4v) is 8.85. The zero-order chi connectivity index (χ0) is 25.8. The Morgan fingerprint density at radius 2 is 1.15 bits per heavy atom. The summed E-state index contributed by atoms with van der Waals surface area (Å²) in [6.07, 6.45) is 0. The van der Waals surface area contributed by atoms with Crippen molar-refractivity contribution >= 4 is 59.7 Å². The molecule has 6 aromatic carbocycles. The summed E-state index contributed by atoms with van der Waals surface area (Å²) in [7, 11) is 0. The Hall–Kier alpha value is -4.29. The van der Waals surface area contributed by atoms with Gasteiger partial charge in [0.2, 0.25) is 0 Å². The molecule has 0 aliphatic carbocycles. The molecule has 0 aliphatic rings. The third-order valence-corrected chi connectivity index (χ3v) is 10.7. The van der Waals surface area contributed by atoms with Crippen LogP contribution in [-0.2, 0) is 0 Å². The first-order valence-corrected chi connectivity index (χ1v) is 15.4. The van der Waals surface area contributed by atoms with Crippen LogP contribution in [0.5, 0.6) is 0 Å². The first-order chi connectivity index (χ1) is 19.3. The summed E-state index contributed by atoms with van der Waals surface area (Å²) in [6.45, 7) is 0. The zero-order valence-electron chi connectivity index (χ0n) is 21.0. The summed E-state index contributed by atoms with van der Waals surface area (Å²) in [6, 6.07) is 47.8. The van der Waals surface area contributed by atoms with Crippen molar-refractivity contribution in [2.45, 2.75) is 0 Å². The van der Waals surface area contributed by atoms with Crippen LogP contribution in [0.2, 0.25) is 0 Å². The molecule has 0 saturated heterocycles. The van der Waals surface area contributed by atoms with Crippen molar-refractivity contribution in [3.05, 3.63) is 133 Å². The molecule has 0 aliphatic heterocycles. The topological polar surface area (TPSA) is 25.8 Å². The van der Waals surface area contributed by atoms with E-state index >= 15 is 0 Å². The maximum absolute atomic E-state index is 5.21. The van der Waals surface area contributed by atoms with Gasteiger partial charge >= 0.3 is 231 Å². The Kier molecular flexibility index (Phi) is 5.33. The molecule has 0 radical (unpaired) electrons. The number of aromatic nitrogens is 2. The fourth-order valence-electron chi connectivity index (χ4n) is 5.58. The molecule has 0 unspecified atom stereocenters. The minimum atomic E-state index is -0.378. The number of fused-ring (bicyclic) bond motifs is 5. The molecule has 182 valence electrons. The molecule has 0 spiro atoms. The van der Waals surface area contributed by atoms with Crippen LogP contribution >= 0.6 is 0 Å². The van der Waals surface area contributed by atoms with E-state index in [1.807, 2.05) is 6.07 Å². The maximum atomic E-state index is 5.21. The van der Waals surface area contributed by atoms with E-state index in [0.29, 0.717) is 0 Å². The Morgan fingerprint density at radius 3 is 2.05 bits per heavy atom. The molecule has 0 amide bonds. The van der Waals surface area contributed by atoms with Crippen LogP contribution in [0.4, 0.5) is 0 Å². The second-order valence-corrected chi connectivity index (χ2v) is 12.9. The van der Waals surface area contributed by atoms with Crippen LogP contribution in [0.25, 0.3) is 73.0 Å². The van der Waals surface area contributed by atoms with Gasteiger partial charge in [-0.25, -0.2) is 0 Å². The van der Waals surface area contributed by atoms with Gasteiger partial charge in [-0.15, -0.1) is 0 Å². The van der Waals surface area contributed by atoms with Crippen molar-refractivity contribution in [1.29, 1.82) is 0 Å². The van der Waals surface area contributed by atoms with Crippen molar-refractivity contribution in [2.24, 2.45) is 0 Å². The van der Waals surface area contributed by atoms with E-state index in [4.69, 9.17) is 9.97 Å². The van der Waals surface area contributed by atoms with Crippen LogP contribution in [0.3, 0.4) is 0 Å². The van der Waals surface area contributed by atoms with Gasteiger partial charge in [-0.2, -0.15) is 0 Å². The monoisotopic (exact) mass is 612 g/mol. The van der Waals surface area contributed by atoms with Gasteiger partial charge in [-0.1, -0.05) is 6.07 Å². The van der Waals surface area contributed by atoms with Gasteiger partial charge in [0.15, 0.2) is 0 Å². The quantitative estimate of drug-likeness (QED) is 0.187. The molecule has 0 fully saturated rings. The number of nitrogens with zero attached hydrogens (tertiary/aromatic N) is 2. The molecule has 2 nitrogen and oxygen atoms in total.